The summed E-state index contributed by atoms with van der Waals surface area (Å²) in [5.74, 6) is -7.18. The highest BCUT2D eigenvalue weighted by molar-refractivity contribution is 6.10. The molecule has 8 rings (SSSR count). The van der Waals surface area contributed by atoms with Gasteiger partial charge in [0.2, 0.25) is 0 Å². The third-order valence-corrected chi connectivity index (χ3v) is 13.1. The third-order valence-electron chi connectivity index (χ3n) is 13.1. The third kappa shape index (κ3) is 7.01. The maximum absolute atomic E-state index is 14.6. The van der Waals surface area contributed by atoms with E-state index in [0.29, 0.717) is 24.0 Å². The van der Waals surface area contributed by atoms with Crippen LogP contribution in [-0.2, 0) is 19.7 Å². The van der Waals surface area contributed by atoms with Gasteiger partial charge < -0.3 is 61.0 Å². The number of aromatic hydroxyl groups is 2. The number of carbonyl (C=O) groups excluding carboxylic acids is 1. The Morgan fingerprint density at radius 2 is 1.78 bits per heavy atom. The highest BCUT2D eigenvalue weighted by Gasteiger charge is 2.56. The van der Waals surface area contributed by atoms with Crippen molar-refractivity contribution in [3.05, 3.63) is 107 Å². The number of amides is 1. The van der Waals surface area contributed by atoms with Gasteiger partial charge in [0.15, 0.2) is 17.6 Å². The second kappa shape index (κ2) is 15.9. The average Bonchev–Trinajstić information content (AvgIpc) is 3.96. The van der Waals surface area contributed by atoms with Gasteiger partial charge in [-0.3, -0.25) is 9.69 Å². The summed E-state index contributed by atoms with van der Waals surface area (Å²) in [6, 6.07) is 15.0. The number of fused-ring (bicyclic) bond motifs is 2. The summed E-state index contributed by atoms with van der Waals surface area (Å²) in [6.07, 6.45) is 0.511. The van der Waals surface area contributed by atoms with Crippen LogP contribution in [0.2, 0.25) is 0 Å². The van der Waals surface area contributed by atoms with Crippen LogP contribution in [0.25, 0.3) is 6.08 Å². The number of hydrogen-bond acceptors (Lipinski definition) is 13. The predicted molar refractivity (Wildman–Crippen MR) is 215 cm³/mol. The van der Waals surface area contributed by atoms with Gasteiger partial charge in [-0.15, -0.1) is 0 Å². The number of anilines is 1. The maximum Gasteiger partial charge on any atom is 0.355 e. The lowest BCUT2D eigenvalue weighted by molar-refractivity contribution is -0.422. The number of aliphatic hydroxyl groups is 5. The monoisotopic (exact) mass is 826 g/mol. The summed E-state index contributed by atoms with van der Waals surface area (Å²) in [4.78, 5) is 36.8. The largest absolute Gasteiger partial charge is 0.508 e. The van der Waals surface area contributed by atoms with Gasteiger partial charge in [-0.2, -0.15) is 0 Å². The van der Waals surface area contributed by atoms with Crippen molar-refractivity contribution < 1.29 is 59.9 Å². The molecule has 3 heterocycles. The Labute approximate surface area is 345 Å². The molecule has 0 spiro atoms. The number of ether oxygens (including phenoxy) is 2. The van der Waals surface area contributed by atoms with Crippen molar-refractivity contribution in [3.8, 4) is 17.2 Å². The van der Waals surface area contributed by atoms with E-state index in [0.717, 1.165) is 47.2 Å². The lowest BCUT2D eigenvalue weighted by Gasteiger charge is -2.44. The fourth-order valence-electron chi connectivity index (χ4n) is 9.98. The molecule has 2 aliphatic carbocycles. The van der Waals surface area contributed by atoms with Gasteiger partial charge in [-0.05, 0) is 73.1 Å². The number of rotatable bonds is 10. The summed E-state index contributed by atoms with van der Waals surface area (Å²) in [5.41, 5.74) is 10.4. The summed E-state index contributed by atoms with van der Waals surface area (Å²) < 4.78 is 10.9. The molecule has 0 unspecified atom stereocenters. The molecule has 1 aromatic heterocycles. The van der Waals surface area contributed by atoms with Crippen LogP contribution in [0.1, 0.15) is 96.8 Å². The number of benzene rings is 3. The van der Waals surface area contributed by atoms with Crippen molar-refractivity contribution in [2.24, 2.45) is 5.73 Å². The SMILES string of the molecule is C[C@H]1CC[C@H](c2cc(/C=C/C(=O)N3c4cc(O[C@]5(O)O[C@H](CO)[C@@H](O)[C@H](O)[C@H]5O)c(O)cc4[C@@H](C[C@]4(c5ccccc5)CCC[C@H]4N)[C@@H]3C(=O)O)ccc2O)c2[nH]cnc21. The predicted octanol–water partition coefficient (Wildman–Crippen LogP) is 2.78. The number of phenolic OH excluding ortho intramolecular Hbond substituents is 2. The number of aromatic nitrogens is 2. The van der Waals surface area contributed by atoms with Crippen LogP contribution in [-0.4, -0.2) is 112 Å². The molecule has 2 fully saturated rings. The van der Waals surface area contributed by atoms with Crippen LogP contribution in [0.5, 0.6) is 17.2 Å². The van der Waals surface area contributed by atoms with E-state index in [1.54, 1.807) is 24.5 Å². The van der Waals surface area contributed by atoms with Crippen LogP contribution in [0.15, 0.2) is 73.1 Å². The number of imidazole rings is 1. The zero-order valence-corrected chi connectivity index (χ0v) is 32.8. The summed E-state index contributed by atoms with van der Waals surface area (Å²) in [5, 5.41) is 85.9. The van der Waals surface area contributed by atoms with Gasteiger partial charge >= 0.3 is 11.9 Å². The molecule has 16 heteroatoms. The van der Waals surface area contributed by atoms with Gasteiger partial charge in [-0.25, -0.2) is 9.78 Å². The van der Waals surface area contributed by atoms with E-state index in [9.17, 15) is 50.4 Å². The molecule has 3 aromatic carbocycles. The molecule has 60 heavy (non-hydrogen) atoms. The zero-order chi connectivity index (χ0) is 42.7. The number of carboxylic acid groups (broad SMARTS) is 1. The Bertz CT molecular complexity index is 2280. The van der Waals surface area contributed by atoms with E-state index in [4.69, 9.17) is 15.2 Å². The number of H-pyrrole nitrogens is 1. The van der Waals surface area contributed by atoms with Crippen molar-refractivity contribution in [2.45, 2.75) is 111 Å². The smallest absolute Gasteiger partial charge is 0.355 e. The second-order valence-electron chi connectivity index (χ2n) is 16.6. The van der Waals surface area contributed by atoms with Crippen molar-refractivity contribution in [3.63, 3.8) is 0 Å². The maximum atomic E-state index is 14.6. The molecule has 318 valence electrons. The first-order valence-corrected chi connectivity index (χ1v) is 20.2. The van der Waals surface area contributed by atoms with Crippen molar-refractivity contribution in [1.82, 2.24) is 9.97 Å². The molecular formula is C44H50N4O12. The van der Waals surface area contributed by atoms with Crippen LogP contribution >= 0.6 is 0 Å². The summed E-state index contributed by atoms with van der Waals surface area (Å²) in [7, 11) is 0. The van der Waals surface area contributed by atoms with Gasteiger partial charge in [0.1, 0.15) is 30.1 Å². The topological polar surface area (TPSA) is 272 Å². The van der Waals surface area contributed by atoms with E-state index < -0.39 is 77.7 Å². The molecule has 1 saturated heterocycles. The molecule has 16 nitrogen and oxygen atoms in total. The van der Waals surface area contributed by atoms with Crippen LogP contribution in [0, 0.1) is 0 Å². The van der Waals surface area contributed by atoms with Gasteiger partial charge in [-0.1, -0.05) is 49.7 Å². The number of aliphatic hydroxyl groups excluding tert-OH is 4. The summed E-state index contributed by atoms with van der Waals surface area (Å²) >= 11 is 0. The number of phenols is 2. The van der Waals surface area contributed by atoms with E-state index in [1.165, 1.54) is 18.2 Å². The van der Waals surface area contributed by atoms with Gasteiger partial charge in [0, 0.05) is 52.6 Å². The fourth-order valence-corrected chi connectivity index (χ4v) is 9.98. The molecule has 4 aromatic rings. The Kier molecular flexibility index (Phi) is 11.0. The first-order valence-electron chi connectivity index (χ1n) is 20.2. The number of nitrogens with zero attached hydrogens (tertiary/aromatic N) is 2. The summed E-state index contributed by atoms with van der Waals surface area (Å²) in [6.45, 7) is 1.21. The second-order valence-corrected chi connectivity index (χ2v) is 16.6. The Balaban J connectivity index is 1.19. The minimum absolute atomic E-state index is 0.00677. The highest BCUT2D eigenvalue weighted by Crippen LogP contribution is 2.55. The first-order chi connectivity index (χ1) is 28.7. The van der Waals surface area contributed by atoms with E-state index >= 15 is 0 Å². The molecule has 11 N–H and O–H groups in total. The van der Waals surface area contributed by atoms with Crippen LogP contribution in [0.3, 0.4) is 0 Å². The number of carbonyl (C=O) groups is 2. The van der Waals surface area contributed by atoms with Gasteiger partial charge in [0.05, 0.1) is 24.3 Å². The molecule has 4 aliphatic rings. The molecule has 11 atom stereocenters. The lowest BCUT2D eigenvalue weighted by Crippen LogP contribution is -2.67. The molecule has 0 bridgehead atoms. The standard InChI is InChI=1S/C44H50N4O12/c1-22-9-12-25(37-36(22)46-21-47-37)27-16-23(10-13-30(27)50)11-14-35(52)48-29-18-32(59-44(58)41(55)40(54)39(53)33(20-49)60-44)31(51)17-26(29)28(38(48)42(56)57)19-43(15-5-8-34(43)45)24-6-3-2-4-7-24/h2-4,6-7,10-11,13-14,16-18,21-22,25,28,33-34,38-41,49-51,53-55,58H,5,8-9,12,15,19-20,45H2,1H3,(H,46,47)(H,56,57)/b14-11+/t22-,25+,28+,33+,34+,38+,39+,40-,41+,43-,44-/m0/s1. The lowest BCUT2D eigenvalue weighted by atomic mass is 9.68. The fraction of sp³-hybridized carbons (Fsp3) is 0.432. The van der Waals surface area contributed by atoms with Crippen LogP contribution < -0.4 is 15.4 Å². The van der Waals surface area contributed by atoms with E-state index in [2.05, 4.69) is 16.9 Å². The molecule has 1 amide bonds. The van der Waals surface area contributed by atoms with Crippen molar-refractivity contribution in [2.75, 3.05) is 11.5 Å². The van der Waals surface area contributed by atoms with Crippen LogP contribution in [0.4, 0.5) is 5.69 Å². The number of carboxylic acids is 1. The Morgan fingerprint density at radius 3 is 2.48 bits per heavy atom. The average molecular weight is 827 g/mol. The molecule has 0 radical (unpaired) electrons. The van der Waals surface area contributed by atoms with Crippen molar-refractivity contribution in [1.29, 1.82) is 0 Å². The number of hydrogen-bond donors (Lipinski definition) is 10. The van der Waals surface area contributed by atoms with E-state index in [1.807, 2.05) is 30.3 Å². The minimum Gasteiger partial charge on any atom is -0.508 e. The Morgan fingerprint density at radius 1 is 1.02 bits per heavy atom. The Hall–Kier alpha value is -5.33. The molecule has 2 aliphatic heterocycles. The minimum atomic E-state index is -3.12. The molecule has 1 saturated carbocycles. The normalized spacial score (nSPS) is 32.5. The molecular weight excluding hydrogens is 776 g/mol. The number of nitrogens with one attached hydrogen (secondary N) is 1. The quantitative estimate of drug-likeness (QED) is 0.0814. The first kappa shape index (κ1) is 41.4. The van der Waals surface area contributed by atoms with Crippen molar-refractivity contribution >= 4 is 23.6 Å². The number of aliphatic carboxylic acids is 1. The van der Waals surface area contributed by atoms with Gasteiger partial charge in [0.25, 0.3) is 5.91 Å². The zero-order valence-electron chi connectivity index (χ0n) is 32.8. The highest BCUT2D eigenvalue weighted by atomic mass is 16.8. The van der Waals surface area contributed by atoms with E-state index in [-0.39, 0.29) is 41.3 Å². The number of nitrogens with two attached hydrogens (primary N) is 1. The number of aromatic amines is 1.